The standard InChI is InChI=1S/C27H26F3NO5/c1-33-22-10-6-7-11-23(22)36-16-21-19-15-25(35-3)24(34-2)14-17(19)12-13-31(21)26(32)18-8-4-5-9-20(18)27(28,29)30/h4-11,14-15,21H,12-13,16H2,1-3H3. The van der Waals surface area contributed by atoms with Crippen LogP contribution in [0.3, 0.4) is 0 Å². The molecule has 0 aromatic heterocycles. The monoisotopic (exact) mass is 501 g/mol. The van der Waals surface area contributed by atoms with Gasteiger partial charge in [-0.3, -0.25) is 4.79 Å². The summed E-state index contributed by atoms with van der Waals surface area (Å²) in [7, 11) is 4.54. The Morgan fingerprint density at radius 3 is 2.17 bits per heavy atom. The highest BCUT2D eigenvalue weighted by molar-refractivity contribution is 5.96. The van der Waals surface area contributed by atoms with Crippen molar-refractivity contribution in [2.45, 2.75) is 18.6 Å². The molecule has 1 heterocycles. The van der Waals surface area contributed by atoms with Crippen LogP contribution < -0.4 is 18.9 Å². The van der Waals surface area contributed by atoms with E-state index in [2.05, 4.69) is 0 Å². The predicted molar refractivity (Wildman–Crippen MR) is 127 cm³/mol. The van der Waals surface area contributed by atoms with E-state index in [4.69, 9.17) is 18.9 Å². The molecule has 0 saturated carbocycles. The molecule has 1 amide bonds. The lowest BCUT2D eigenvalue weighted by atomic mass is 9.91. The molecule has 0 spiro atoms. The van der Waals surface area contributed by atoms with E-state index in [0.717, 1.165) is 11.6 Å². The largest absolute Gasteiger partial charge is 0.493 e. The van der Waals surface area contributed by atoms with Gasteiger partial charge in [0.1, 0.15) is 6.61 Å². The van der Waals surface area contributed by atoms with Crippen molar-refractivity contribution in [1.82, 2.24) is 4.90 Å². The second kappa shape index (κ2) is 10.4. The first-order valence-corrected chi connectivity index (χ1v) is 11.3. The third-order valence-electron chi connectivity index (χ3n) is 6.19. The zero-order chi connectivity index (χ0) is 25.9. The van der Waals surface area contributed by atoms with Crippen LogP contribution in [0.2, 0.25) is 0 Å². The molecule has 9 heteroatoms. The molecule has 0 fully saturated rings. The van der Waals surface area contributed by atoms with Gasteiger partial charge in [0.15, 0.2) is 23.0 Å². The molecule has 3 aromatic carbocycles. The summed E-state index contributed by atoms with van der Waals surface area (Å²) in [6, 6.07) is 14.7. The van der Waals surface area contributed by atoms with Gasteiger partial charge in [0.2, 0.25) is 0 Å². The minimum Gasteiger partial charge on any atom is -0.493 e. The molecular formula is C27H26F3NO5. The van der Waals surface area contributed by atoms with Crippen molar-refractivity contribution in [2.75, 3.05) is 34.5 Å². The third-order valence-corrected chi connectivity index (χ3v) is 6.19. The van der Waals surface area contributed by atoms with E-state index >= 15 is 0 Å². The molecule has 1 aliphatic rings. The summed E-state index contributed by atoms with van der Waals surface area (Å²) in [5.41, 5.74) is 0.231. The predicted octanol–water partition coefficient (Wildman–Crippen LogP) is 5.55. The minimum absolute atomic E-state index is 0.0111. The Morgan fingerprint density at radius 1 is 0.889 bits per heavy atom. The fraction of sp³-hybridized carbons (Fsp3) is 0.296. The lowest BCUT2D eigenvalue weighted by Gasteiger charge is -2.38. The van der Waals surface area contributed by atoms with Crippen LogP contribution in [0.25, 0.3) is 0 Å². The van der Waals surface area contributed by atoms with Crippen molar-refractivity contribution in [3.05, 3.63) is 82.9 Å². The second-order valence-electron chi connectivity index (χ2n) is 8.18. The van der Waals surface area contributed by atoms with Crippen molar-refractivity contribution in [1.29, 1.82) is 0 Å². The van der Waals surface area contributed by atoms with E-state index in [1.165, 1.54) is 44.4 Å². The number of nitrogens with zero attached hydrogens (tertiary/aromatic N) is 1. The first-order chi connectivity index (χ1) is 17.3. The van der Waals surface area contributed by atoms with Gasteiger partial charge >= 0.3 is 6.18 Å². The molecule has 6 nitrogen and oxygen atoms in total. The normalized spacial score (nSPS) is 15.2. The number of carbonyl (C=O) groups is 1. The van der Waals surface area contributed by atoms with Crippen LogP contribution in [0.5, 0.6) is 23.0 Å². The summed E-state index contributed by atoms with van der Waals surface area (Å²) < 4.78 is 63.4. The molecule has 190 valence electrons. The van der Waals surface area contributed by atoms with E-state index in [1.54, 1.807) is 30.3 Å². The Bertz CT molecular complexity index is 1240. The zero-order valence-corrected chi connectivity index (χ0v) is 20.1. The van der Waals surface area contributed by atoms with E-state index in [-0.39, 0.29) is 13.2 Å². The molecule has 4 rings (SSSR count). The maximum absolute atomic E-state index is 13.7. The summed E-state index contributed by atoms with van der Waals surface area (Å²) in [5, 5.41) is 0. The summed E-state index contributed by atoms with van der Waals surface area (Å²) in [6.07, 6.45) is -4.24. The summed E-state index contributed by atoms with van der Waals surface area (Å²) in [6.45, 7) is 0.191. The highest BCUT2D eigenvalue weighted by Crippen LogP contribution is 2.40. The van der Waals surface area contributed by atoms with Crippen LogP contribution in [0, 0.1) is 0 Å². The van der Waals surface area contributed by atoms with Crippen molar-refractivity contribution in [2.24, 2.45) is 0 Å². The molecule has 0 saturated heterocycles. The molecule has 1 unspecified atom stereocenters. The summed E-state index contributed by atoms with van der Waals surface area (Å²) >= 11 is 0. The Balaban J connectivity index is 1.77. The number of halogens is 3. The number of amides is 1. The average Bonchev–Trinajstić information content (AvgIpc) is 2.90. The number of para-hydroxylation sites is 2. The molecule has 3 aromatic rings. The SMILES string of the molecule is COc1cc2c(cc1OC)C(COc1ccccc1OC)N(C(=O)c1ccccc1C(F)(F)F)CC2. The van der Waals surface area contributed by atoms with Crippen LogP contribution in [-0.2, 0) is 12.6 Å². The summed E-state index contributed by atoms with van der Waals surface area (Å²) in [5.74, 6) is 1.21. The molecule has 0 radical (unpaired) electrons. The third kappa shape index (κ3) is 4.91. The Kier molecular flexibility index (Phi) is 7.28. The molecule has 0 bridgehead atoms. The number of benzene rings is 3. The molecule has 36 heavy (non-hydrogen) atoms. The Hall–Kier alpha value is -3.88. The average molecular weight is 502 g/mol. The fourth-order valence-electron chi connectivity index (χ4n) is 4.43. The highest BCUT2D eigenvalue weighted by Gasteiger charge is 2.39. The number of methoxy groups -OCH3 is 3. The van der Waals surface area contributed by atoms with Crippen LogP contribution in [-0.4, -0.2) is 45.3 Å². The Labute approximate surface area is 207 Å². The quantitative estimate of drug-likeness (QED) is 0.425. The van der Waals surface area contributed by atoms with Gasteiger partial charge < -0.3 is 23.8 Å². The van der Waals surface area contributed by atoms with Gasteiger partial charge in [-0.1, -0.05) is 24.3 Å². The molecule has 1 atom stereocenters. The minimum atomic E-state index is -4.67. The number of hydrogen-bond donors (Lipinski definition) is 0. The molecular weight excluding hydrogens is 475 g/mol. The van der Waals surface area contributed by atoms with Crippen LogP contribution >= 0.6 is 0 Å². The first kappa shape index (κ1) is 25.2. The maximum Gasteiger partial charge on any atom is 0.417 e. The van der Waals surface area contributed by atoms with Gasteiger partial charge in [0, 0.05) is 6.54 Å². The fourth-order valence-corrected chi connectivity index (χ4v) is 4.43. The highest BCUT2D eigenvalue weighted by atomic mass is 19.4. The van der Waals surface area contributed by atoms with Crippen LogP contribution in [0.4, 0.5) is 13.2 Å². The van der Waals surface area contributed by atoms with Crippen LogP contribution in [0.15, 0.2) is 60.7 Å². The van der Waals surface area contributed by atoms with Crippen LogP contribution in [0.1, 0.15) is 33.1 Å². The van der Waals surface area contributed by atoms with E-state index in [9.17, 15) is 18.0 Å². The smallest absolute Gasteiger partial charge is 0.417 e. The van der Waals surface area contributed by atoms with Gasteiger partial charge in [-0.25, -0.2) is 0 Å². The van der Waals surface area contributed by atoms with Gasteiger partial charge in [-0.2, -0.15) is 13.2 Å². The number of fused-ring (bicyclic) bond motifs is 1. The van der Waals surface area contributed by atoms with E-state index in [1.807, 2.05) is 6.07 Å². The van der Waals surface area contributed by atoms with Crippen molar-refractivity contribution < 1.29 is 36.9 Å². The topological polar surface area (TPSA) is 57.2 Å². The van der Waals surface area contributed by atoms with Gasteiger partial charge in [0.05, 0.1) is 38.5 Å². The first-order valence-electron chi connectivity index (χ1n) is 11.3. The number of alkyl halides is 3. The maximum atomic E-state index is 13.7. The summed E-state index contributed by atoms with van der Waals surface area (Å²) in [4.78, 5) is 15.0. The van der Waals surface area contributed by atoms with Crippen molar-refractivity contribution >= 4 is 5.91 Å². The molecule has 0 aliphatic carbocycles. The van der Waals surface area contributed by atoms with Gasteiger partial charge in [-0.15, -0.1) is 0 Å². The number of rotatable bonds is 7. The van der Waals surface area contributed by atoms with E-state index < -0.39 is 29.3 Å². The molecule has 1 aliphatic heterocycles. The van der Waals surface area contributed by atoms with Gasteiger partial charge in [-0.05, 0) is 53.9 Å². The lowest BCUT2D eigenvalue weighted by Crippen LogP contribution is -2.43. The number of hydrogen-bond acceptors (Lipinski definition) is 5. The second-order valence-corrected chi connectivity index (χ2v) is 8.18. The van der Waals surface area contributed by atoms with Crippen molar-refractivity contribution in [3.8, 4) is 23.0 Å². The zero-order valence-electron chi connectivity index (χ0n) is 20.1. The Morgan fingerprint density at radius 2 is 1.50 bits per heavy atom. The molecule has 0 N–H and O–H groups in total. The van der Waals surface area contributed by atoms with Crippen molar-refractivity contribution in [3.63, 3.8) is 0 Å². The van der Waals surface area contributed by atoms with E-state index in [0.29, 0.717) is 35.0 Å². The lowest BCUT2D eigenvalue weighted by molar-refractivity contribution is -0.138. The van der Waals surface area contributed by atoms with Gasteiger partial charge in [0.25, 0.3) is 5.91 Å². The number of ether oxygens (including phenoxy) is 4. The number of carbonyl (C=O) groups excluding carboxylic acids is 1.